The van der Waals surface area contributed by atoms with Crippen molar-refractivity contribution in [3.63, 3.8) is 0 Å². The van der Waals surface area contributed by atoms with Crippen molar-refractivity contribution in [1.29, 1.82) is 0 Å². The predicted octanol–water partition coefficient (Wildman–Crippen LogP) is 3.01. The third-order valence-electron chi connectivity index (χ3n) is 3.91. The van der Waals surface area contributed by atoms with E-state index in [-0.39, 0.29) is 5.75 Å². The molecule has 1 heterocycles. The van der Waals surface area contributed by atoms with Crippen molar-refractivity contribution >= 4 is 11.6 Å². The number of nitrogens with one attached hydrogen (secondary N) is 1. The fourth-order valence-corrected chi connectivity index (χ4v) is 2.77. The average Bonchev–Trinajstić information content (AvgIpc) is 2.41. The number of rotatable bonds is 4. The fraction of sp³-hybridized carbons (Fsp3) is 0.600. The maximum Gasteiger partial charge on any atom is 0.138 e. The summed E-state index contributed by atoms with van der Waals surface area (Å²) in [4.78, 5) is 2.51. The number of para-hydroxylation sites is 1. The second-order valence-corrected chi connectivity index (χ2v) is 5.94. The van der Waals surface area contributed by atoms with E-state index in [1.54, 1.807) is 6.07 Å². The third kappa shape index (κ3) is 3.85. The van der Waals surface area contributed by atoms with Crippen molar-refractivity contribution in [3.05, 3.63) is 28.8 Å². The molecule has 2 rings (SSSR count). The molecule has 0 spiro atoms. The smallest absolute Gasteiger partial charge is 0.138 e. The first-order valence-corrected chi connectivity index (χ1v) is 7.39. The van der Waals surface area contributed by atoms with Crippen LogP contribution in [0, 0.1) is 0 Å². The Labute approximate surface area is 120 Å². The van der Waals surface area contributed by atoms with Crippen LogP contribution in [0.3, 0.4) is 0 Å². The lowest BCUT2D eigenvalue weighted by atomic mass is 10.0. The quantitative estimate of drug-likeness (QED) is 0.891. The van der Waals surface area contributed by atoms with Crippen LogP contribution in [0.25, 0.3) is 0 Å². The first-order chi connectivity index (χ1) is 9.08. The summed E-state index contributed by atoms with van der Waals surface area (Å²) in [5.74, 6) is 0.205. The maximum atomic E-state index is 9.86. The van der Waals surface area contributed by atoms with Crippen LogP contribution in [0.2, 0.25) is 5.02 Å². The molecule has 1 fully saturated rings. The molecule has 1 aromatic rings. The molecule has 0 atom stereocenters. The summed E-state index contributed by atoms with van der Waals surface area (Å²) >= 11 is 5.90. The van der Waals surface area contributed by atoms with Crippen LogP contribution >= 0.6 is 11.6 Å². The first-order valence-electron chi connectivity index (χ1n) is 7.01. The van der Waals surface area contributed by atoms with Gasteiger partial charge in [0.25, 0.3) is 0 Å². The Balaban J connectivity index is 1.82. The standard InChI is InChI=1S/C15H23ClN2O/c1-11(2)18-8-6-13(7-9-18)17-10-12-4-3-5-14(16)15(12)19/h3-5,11,13,17,19H,6-10H2,1-2H3. The highest BCUT2D eigenvalue weighted by Gasteiger charge is 2.20. The summed E-state index contributed by atoms with van der Waals surface area (Å²) in [6, 6.07) is 6.67. The van der Waals surface area contributed by atoms with E-state index in [1.165, 1.54) is 12.8 Å². The molecule has 0 unspecified atom stereocenters. The van der Waals surface area contributed by atoms with Gasteiger partial charge in [-0.15, -0.1) is 0 Å². The topological polar surface area (TPSA) is 35.5 Å². The summed E-state index contributed by atoms with van der Waals surface area (Å²) in [6.07, 6.45) is 2.33. The number of halogens is 1. The van der Waals surface area contributed by atoms with Gasteiger partial charge < -0.3 is 15.3 Å². The molecule has 4 heteroatoms. The molecule has 1 aromatic carbocycles. The summed E-state index contributed by atoms with van der Waals surface area (Å²) in [5, 5.41) is 13.8. The van der Waals surface area contributed by atoms with Gasteiger partial charge in [-0.1, -0.05) is 23.7 Å². The van der Waals surface area contributed by atoms with Crippen LogP contribution in [-0.4, -0.2) is 35.2 Å². The van der Waals surface area contributed by atoms with Crippen molar-refractivity contribution in [2.75, 3.05) is 13.1 Å². The van der Waals surface area contributed by atoms with Gasteiger partial charge in [0.05, 0.1) is 5.02 Å². The summed E-state index contributed by atoms with van der Waals surface area (Å²) in [6.45, 7) is 7.47. The van der Waals surface area contributed by atoms with E-state index in [0.717, 1.165) is 18.7 Å². The molecule has 1 aliphatic heterocycles. The molecule has 0 aromatic heterocycles. The van der Waals surface area contributed by atoms with Crippen molar-refractivity contribution in [2.24, 2.45) is 0 Å². The lowest BCUT2D eigenvalue weighted by molar-refractivity contribution is 0.161. The van der Waals surface area contributed by atoms with Gasteiger partial charge in [-0.05, 0) is 45.8 Å². The number of benzene rings is 1. The number of nitrogens with zero attached hydrogens (tertiary/aromatic N) is 1. The zero-order valence-electron chi connectivity index (χ0n) is 11.7. The minimum Gasteiger partial charge on any atom is -0.506 e. The molecule has 0 saturated carbocycles. The molecule has 3 nitrogen and oxygen atoms in total. The number of likely N-dealkylation sites (tertiary alicyclic amines) is 1. The highest BCUT2D eigenvalue weighted by atomic mass is 35.5. The minimum absolute atomic E-state index is 0.205. The molecule has 0 radical (unpaired) electrons. The van der Waals surface area contributed by atoms with Gasteiger partial charge in [-0.25, -0.2) is 0 Å². The molecule has 1 saturated heterocycles. The molecular formula is C15H23ClN2O. The summed E-state index contributed by atoms with van der Waals surface area (Å²) in [7, 11) is 0. The Hall–Kier alpha value is -0.770. The van der Waals surface area contributed by atoms with Gasteiger partial charge >= 0.3 is 0 Å². The molecule has 2 N–H and O–H groups in total. The van der Waals surface area contributed by atoms with Crippen LogP contribution in [0.5, 0.6) is 5.75 Å². The van der Waals surface area contributed by atoms with Gasteiger partial charge in [0, 0.05) is 24.2 Å². The van der Waals surface area contributed by atoms with E-state index in [1.807, 2.05) is 12.1 Å². The first kappa shape index (κ1) is 14.6. The Morgan fingerprint density at radius 2 is 2.05 bits per heavy atom. The predicted molar refractivity (Wildman–Crippen MR) is 79.7 cm³/mol. The number of aromatic hydroxyl groups is 1. The Kier molecular flexibility index (Phi) is 5.08. The second kappa shape index (κ2) is 6.60. The summed E-state index contributed by atoms with van der Waals surface area (Å²) < 4.78 is 0. The number of piperidine rings is 1. The van der Waals surface area contributed by atoms with Gasteiger partial charge in [-0.2, -0.15) is 0 Å². The molecule has 1 aliphatic rings. The van der Waals surface area contributed by atoms with Crippen LogP contribution < -0.4 is 5.32 Å². The van der Waals surface area contributed by atoms with E-state index >= 15 is 0 Å². The zero-order valence-corrected chi connectivity index (χ0v) is 12.5. The molecule has 0 aliphatic carbocycles. The van der Waals surface area contributed by atoms with E-state index in [4.69, 9.17) is 11.6 Å². The fourth-order valence-electron chi connectivity index (χ4n) is 2.58. The average molecular weight is 283 g/mol. The van der Waals surface area contributed by atoms with Crippen LogP contribution in [0.15, 0.2) is 18.2 Å². The lowest BCUT2D eigenvalue weighted by Gasteiger charge is -2.35. The Morgan fingerprint density at radius 3 is 2.68 bits per heavy atom. The van der Waals surface area contributed by atoms with Crippen LogP contribution in [0.4, 0.5) is 0 Å². The Bertz CT molecular complexity index is 415. The second-order valence-electron chi connectivity index (χ2n) is 5.53. The van der Waals surface area contributed by atoms with Gasteiger partial charge in [-0.3, -0.25) is 0 Å². The molecule has 106 valence electrons. The number of phenolic OH excluding ortho intramolecular Hbond substituents is 1. The van der Waals surface area contributed by atoms with Crippen LogP contribution in [0.1, 0.15) is 32.3 Å². The number of hydrogen-bond acceptors (Lipinski definition) is 3. The molecule has 0 amide bonds. The number of hydrogen-bond donors (Lipinski definition) is 2. The summed E-state index contributed by atoms with van der Waals surface area (Å²) in [5.41, 5.74) is 0.874. The minimum atomic E-state index is 0.205. The normalized spacial score (nSPS) is 18.1. The number of phenols is 1. The largest absolute Gasteiger partial charge is 0.506 e. The zero-order chi connectivity index (χ0) is 13.8. The molecule has 0 bridgehead atoms. The van der Waals surface area contributed by atoms with E-state index in [2.05, 4.69) is 24.1 Å². The maximum absolute atomic E-state index is 9.86. The highest BCUT2D eigenvalue weighted by molar-refractivity contribution is 6.32. The van der Waals surface area contributed by atoms with Crippen molar-refractivity contribution in [2.45, 2.75) is 45.3 Å². The van der Waals surface area contributed by atoms with E-state index in [9.17, 15) is 5.11 Å². The van der Waals surface area contributed by atoms with Crippen molar-refractivity contribution in [3.8, 4) is 5.75 Å². The van der Waals surface area contributed by atoms with Crippen molar-refractivity contribution < 1.29 is 5.11 Å². The van der Waals surface area contributed by atoms with Gasteiger partial charge in [0.2, 0.25) is 0 Å². The lowest BCUT2D eigenvalue weighted by Crippen LogP contribution is -2.44. The van der Waals surface area contributed by atoms with E-state index in [0.29, 0.717) is 23.7 Å². The molecule has 19 heavy (non-hydrogen) atoms. The van der Waals surface area contributed by atoms with Crippen LogP contribution in [-0.2, 0) is 6.54 Å². The SMILES string of the molecule is CC(C)N1CCC(NCc2cccc(Cl)c2O)CC1. The monoisotopic (exact) mass is 282 g/mol. The van der Waals surface area contributed by atoms with Gasteiger partial charge in [0.15, 0.2) is 0 Å². The van der Waals surface area contributed by atoms with Crippen molar-refractivity contribution in [1.82, 2.24) is 10.2 Å². The Morgan fingerprint density at radius 1 is 1.37 bits per heavy atom. The van der Waals surface area contributed by atoms with Gasteiger partial charge in [0.1, 0.15) is 5.75 Å². The van der Waals surface area contributed by atoms with E-state index < -0.39 is 0 Å². The highest BCUT2D eigenvalue weighted by Crippen LogP contribution is 2.27. The molecular weight excluding hydrogens is 260 g/mol. The third-order valence-corrected chi connectivity index (χ3v) is 4.22.